The first-order valence-electron chi connectivity index (χ1n) is 3.62. The number of nitrogens with zero attached hydrogens (tertiary/aromatic N) is 1. The van der Waals surface area contributed by atoms with Crippen LogP contribution in [0.4, 0.5) is 0 Å². The van der Waals surface area contributed by atoms with Crippen LogP contribution in [-0.2, 0) is 0 Å². The first-order valence-corrected chi connectivity index (χ1v) is 4.41. The Morgan fingerprint density at radius 3 is 2.91 bits per heavy atom. The summed E-state index contributed by atoms with van der Waals surface area (Å²) in [5.74, 6) is 0.863. The van der Waals surface area contributed by atoms with Crippen molar-refractivity contribution in [1.29, 1.82) is 0 Å². The molecule has 2 nitrogen and oxygen atoms in total. The highest BCUT2D eigenvalue weighted by molar-refractivity contribution is 9.10. The molecule has 1 fully saturated rings. The van der Waals surface area contributed by atoms with Gasteiger partial charge >= 0.3 is 0 Å². The van der Waals surface area contributed by atoms with Gasteiger partial charge in [-0.05, 0) is 34.8 Å². The van der Waals surface area contributed by atoms with Crippen molar-refractivity contribution >= 4 is 15.9 Å². The number of hydrogen-bond donors (Lipinski definition) is 0. The minimum atomic E-state index is 0.450. The minimum Gasteiger partial charge on any atom is -0.489 e. The molecule has 0 bridgehead atoms. The molecule has 2 rings (SSSR count). The SMILES string of the molecule is Brc1cncc(OC2CC2)c1. The molecule has 0 unspecified atom stereocenters. The van der Waals surface area contributed by atoms with Crippen molar-refractivity contribution in [2.45, 2.75) is 18.9 Å². The molecule has 0 aromatic carbocycles. The molecule has 58 valence electrons. The van der Waals surface area contributed by atoms with Crippen LogP contribution in [0.15, 0.2) is 22.9 Å². The molecule has 1 aromatic rings. The van der Waals surface area contributed by atoms with Gasteiger partial charge in [0.25, 0.3) is 0 Å². The van der Waals surface area contributed by atoms with E-state index in [2.05, 4.69) is 20.9 Å². The molecule has 1 saturated carbocycles. The highest BCUT2D eigenvalue weighted by Crippen LogP contribution is 2.27. The monoisotopic (exact) mass is 213 g/mol. The molecule has 1 heterocycles. The van der Waals surface area contributed by atoms with Crippen LogP contribution in [-0.4, -0.2) is 11.1 Å². The lowest BCUT2D eigenvalue weighted by Crippen LogP contribution is -1.95. The number of halogens is 1. The van der Waals surface area contributed by atoms with Crippen LogP contribution in [0.1, 0.15) is 12.8 Å². The zero-order valence-electron chi connectivity index (χ0n) is 5.96. The van der Waals surface area contributed by atoms with Crippen molar-refractivity contribution in [2.75, 3.05) is 0 Å². The molecule has 1 aliphatic rings. The van der Waals surface area contributed by atoms with Gasteiger partial charge in [0, 0.05) is 10.7 Å². The number of rotatable bonds is 2. The van der Waals surface area contributed by atoms with E-state index in [0.29, 0.717) is 6.10 Å². The van der Waals surface area contributed by atoms with Gasteiger partial charge in [0.05, 0.1) is 12.3 Å². The Labute approximate surface area is 73.7 Å². The summed E-state index contributed by atoms with van der Waals surface area (Å²) in [5.41, 5.74) is 0. The first kappa shape index (κ1) is 7.10. The van der Waals surface area contributed by atoms with E-state index in [1.165, 1.54) is 12.8 Å². The van der Waals surface area contributed by atoms with E-state index >= 15 is 0 Å². The predicted molar refractivity (Wildman–Crippen MR) is 45.6 cm³/mol. The normalized spacial score (nSPS) is 16.5. The molecule has 11 heavy (non-hydrogen) atoms. The van der Waals surface area contributed by atoms with Crippen LogP contribution < -0.4 is 4.74 Å². The van der Waals surface area contributed by atoms with Crippen molar-refractivity contribution in [1.82, 2.24) is 4.98 Å². The van der Waals surface area contributed by atoms with E-state index in [4.69, 9.17) is 4.74 Å². The fourth-order valence-corrected chi connectivity index (χ4v) is 1.18. The molecule has 0 radical (unpaired) electrons. The zero-order chi connectivity index (χ0) is 7.68. The zero-order valence-corrected chi connectivity index (χ0v) is 7.54. The van der Waals surface area contributed by atoms with Gasteiger partial charge in [-0.2, -0.15) is 0 Å². The molecule has 0 amide bonds. The van der Waals surface area contributed by atoms with Crippen LogP contribution in [0.5, 0.6) is 5.75 Å². The largest absolute Gasteiger partial charge is 0.489 e. The van der Waals surface area contributed by atoms with E-state index in [-0.39, 0.29) is 0 Å². The molecular formula is C8H8BrNO. The molecule has 1 aliphatic carbocycles. The van der Waals surface area contributed by atoms with E-state index < -0.39 is 0 Å². The maximum Gasteiger partial charge on any atom is 0.139 e. The summed E-state index contributed by atoms with van der Waals surface area (Å²) >= 11 is 3.33. The lowest BCUT2D eigenvalue weighted by Gasteiger charge is -2.02. The molecule has 3 heteroatoms. The van der Waals surface area contributed by atoms with E-state index in [1.54, 1.807) is 12.4 Å². The molecule has 0 aliphatic heterocycles. The highest BCUT2D eigenvalue weighted by Gasteiger charge is 2.23. The van der Waals surface area contributed by atoms with Gasteiger partial charge < -0.3 is 4.74 Å². The third-order valence-electron chi connectivity index (χ3n) is 1.51. The minimum absolute atomic E-state index is 0.450. The quantitative estimate of drug-likeness (QED) is 0.753. The third-order valence-corrected chi connectivity index (χ3v) is 1.94. The topological polar surface area (TPSA) is 22.1 Å². The maximum atomic E-state index is 5.51. The fourth-order valence-electron chi connectivity index (χ4n) is 0.835. The predicted octanol–water partition coefficient (Wildman–Crippen LogP) is 2.39. The summed E-state index contributed by atoms with van der Waals surface area (Å²) in [4.78, 5) is 3.99. The summed E-state index contributed by atoms with van der Waals surface area (Å²) < 4.78 is 6.48. The number of ether oxygens (including phenoxy) is 1. The third kappa shape index (κ3) is 1.93. The Balaban J connectivity index is 2.10. The van der Waals surface area contributed by atoms with Gasteiger partial charge in [0.1, 0.15) is 5.75 Å². The molecule has 0 N–H and O–H groups in total. The van der Waals surface area contributed by atoms with Gasteiger partial charge in [0.2, 0.25) is 0 Å². The Hall–Kier alpha value is -0.570. The summed E-state index contributed by atoms with van der Waals surface area (Å²) in [5, 5.41) is 0. The van der Waals surface area contributed by atoms with Crippen LogP contribution in [0, 0.1) is 0 Å². The van der Waals surface area contributed by atoms with Crippen molar-refractivity contribution < 1.29 is 4.74 Å². The van der Waals surface area contributed by atoms with Crippen LogP contribution in [0.25, 0.3) is 0 Å². The summed E-state index contributed by atoms with van der Waals surface area (Å²) in [6.45, 7) is 0. The lowest BCUT2D eigenvalue weighted by molar-refractivity contribution is 0.302. The standard InChI is InChI=1S/C8H8BrNO/c9-6-3-8(5-10-4-6)11-7-1-2-7/h3-5,7H,1-2H2. The Kier molecular flexibility index (Phi) is 1.82. The Bertz CT molecular complexity index is 260. The summed E-state index contributed by atoms with van der Waals surface area (Å²) in [6, 6.07) is 1.94. The summed E-state index contributed by atoms with van der Waals surface area (Å²) in [7, 11) is 0. The van der Waals surface area contributed by atoms with Crippen molar-refractivity contribution in [3.63, 3.8) is 0 Å². The van der Waals surface area contributed by atoms with E-state index in [0.717, 1.165) is 10.2 Å². The second kappa shape index (κ2) is 2.81. The van der Waals surface area contributed by atoms with Gasteiger partial charge in [0.15, 0.2) is 0 Å². The second-order valence-corrected chi connectivity index (χ2v) is 3.57. The number of hydrogen-bond acceptors (Lipinski definition) is 2. The van der Waals surface area contributed by atoms with E-state index in [1.807, 2.05) is 6.07 Å². The van der Waals surface area contributed by atoms with Gasteiger partial charge in [-0.25, -0.2) is 0 Å². The Morgan fingerprint density at radius 2 is 2.27 bits per heavy atom. The summed E-state index contributed by atoms with van der Waals surface area (Å²) in [6.07, 6.45) is 6.31. The van der Waals surface area contributed by atoms with Crippen molar-refractivity contribution in [3.05, 3.63) is 22.9 Å². The first-order chi connectivity index (χ1) is 5.34. The van der Waals surface area contributed by atoms with E-state index in [9.17, 15) is 0 Å². The average Bonchev–Trinajstić information content (AvgIpc) is 2.71. The lowest BCUT2D eigenvalue weighted by atomic mass is 10.5. The van der Waals surface area contributed by atoms with Crippen molar-refractivity contribution in [2.24, 2.45) is 0 Å². The van der Waals surface area contributed by atoms with Crippen molar-refractivity contribution in [3.8, 4) is 5.75 Å². The number of pyridine rings is 1. The second-order valence-electron chi connectivity index (χ2n) is 2.66. The van der Waals surface area contributed by atoms with Crippen LogP contribution >= 0.6 is 15.9 Å². The average molecular weight is 214 g/mol. The Morgan fingerprint density at radius 1 is 1.45 bits per heavy atom. The molecule has 0 spiro atoms. The van der Waals surface area contributed by atoms with Crippen LogP contribution in [0.2, 0.25) is 0 Å². The maximum absolute atomic E-state index is 5.51. The highest BCUT2D eigenvalue weighted by atomic mass is 79.9. The molecule has 0 saturated heterocycles. The number of aromatic nitrogens is 1. The molecule has 0 atom stereocenters. The van der Waals surface area contributed by atoms with Gasteiger partial charge in [-0.15, -0.1) is 0 Å². The van der Waals surface area contributed by atoms with Gasteiger partial charge in [-0.1, -0.05) is 0 Å². The smallest absolute Gasteiger partial charge is 0.139 e. The van der Waals surface area contributed by atoms with Crippen LogP contribution in [0.3, 0.4) is 0 Å². The fraction of sp³-hybridized carbons (Fsp3) is 0.375. The molecule has 1 aromatic heterocycles. The van der Waals surface area contributed by atoms with Gasteiger partial charge in [-0.3, -0.25) is 4.98 Å². The molecular weight excluding hydrogens is 206 g/mol.